The first-order chi connectivity index (χ1) is 13.6. The molecule has 1 fully saturated rings. The quantitative estimate of drug-likeness (QED) is 0.498. The number of carbonyl (C=O) groups excluding carboxylic acids is 1. The van der Waals surface area contributed by atoms with Crippen molar-refractivity contribution in [1.82, 2.24) is 15.0 Å². The highest BCUT2D eigenvalue weighted by molar-refractivity contribution is 6.12. The minimum atomic E-state index is -0.672. The van der Waals surface area contributed by atoms with Crippen LogP contribution < -0.4 is 5.32 Å². The molecule has 1 aliphatic carbocycles. The van der Waals surface area contributed by atoms with Crippen molar-refractivity contribution >= 4 is 33.5 Å². The lowest BCUT2D eigenvalue weighted by atomic mass is 10.1. The summed E-state index contributed by atoms with van der Waals surface area (Å²) in [6.07, 6.45) is 1.60. The van der Waals surface area contributed by atoms with E-state index in [0.717, 1.165) is 40.5 Å². The number of para-hydroxylation sites is 1. The zero-order valence-electron chi connectivity index (χ0n) is 15.4. The van der Waals surface area contributed by atoms with Crippen molar-refractivity contribution in [2.75, 3.05) is 5.32 Å². The maximum absolute atomic E-state index is 13.1. The predicted molar refractivity (Wildman–Crippen MR) is 108 cm³/mol. The Morgan fingerprint density at radius 2 is 1.96 bits per heavy atom. The van der Waals surface area contributed by atoms with E-state index in [4.69, 9.17) is 4.98 Å². The van der Waals surface area contributed by atoms with Gasteiger partial charge in [0.2, 0.25) is 0 Å². The van der Waals surface area contributed by atoms with Gasteiger partial charge in [-0.25, -0.2) is 4.98 Å². The van der Waals surface area contributed by atoms with Gasteiger partial charge in [-0.3, -0.25) is 9.78 Å². The van der Waals surface area contributed by atoms with E-state index in [0.29, 0.717) is 23.0 Å². The van der Waals surface area contributed by atoms with E-state index in [2.05, 4.69) is 15.3 Å². The molecule has 1 aliphatic rings. The number of H-pyrrole nitrogens is 1. The highest BCUT2D eigenvalue weighted by atomic mass is 16.3. The van der Waals surface area contributed by atoms with Crippen LogP contribution in [0.1, 0.15) is 53.7 Å². The van der Waals surface area contributed by atoms with Gasteiger partial charge >= 0.3 is 0 Å². The van der Waals surface area contributed by atoms with Gasteiger partial charge in [-0.15, -0.1) is 0 Å². The monoisotopic (exact) mass is 372 g/mol. The smallest absolute Gasteiger partial charge is 0.256 e. The van der Waals surface area contributed by atoms with Crippen molar-refractivity contribution in [1.29, 1.82) is 0 Å². The number of aliphatic hydroxyl groups excluding tert-OH is 1. The van der Waals surface area contributed by atoms with Crippen LogP contribution in [0.15, 0.2) is 48.5 Å². The molecule has 2 aromatic heterocycles. The third-order valence-corrected chi connectivity index (χ3v) is 5.13. The molecule has 0 radical (unpaired) electrons. The molecule has 0 spiro atoms. The molecule has 5 rings (SSSR count). The molecule has 1 saturated carbocycles. The Morgan fingerprint density at radius 3 is 2.75 bits per heavy atom. The second-order valence-corrected chi connectivity index (χ2v) is 7.37. The van der Waals surface area contributed by atoms with E-state index in [1.807, 2.05) is 48.5 Å². The van der Waals surface area contributed by atoms with Crippen LogP contribution in [0, 0.1) is 0 Å². The molecule has 28 heavy (non-hydrogen) atoms. The molecular formula is C22H20N4O2. The first kappa shape index (κ1) is 16.9. The van der Waals surface area contributed by atoms with Crippen molar-refractivity contribution < 1.29 is 9.90 Å². The van der Waals surface area contributed by atoms with Gasteiger partial charge in [0.05, 0.1) is 22.1 Å². The fourth-order valence-corrected chi connectivity index (χ4v) is 3.48. The lowest BCUT2D eigenvalue weighted by molar-refractivity contribution is 0.102. The summed E-state index contributed by atoms with van der Waals surface area (Å²) in [5, 5.41) is 13.5. The Bertz CT molecular complexity index is 1210. The number of carbonyl (C=O) groups is 1. The number of nitrogens with zero attached hydrogens (tertiary/aromatic N) is 2. The number of benzene rings is 2. The van der Waals surface area contributed by atoms with Crippen LogP contribution in [-0.2, 0) is 0 Å². The van der Waals surface area contributed by atoms with Crippen LogP contribution in [0.2, 0.25) is 0 Å². The standard InChI is InChI=1S/C22H20N4O2/c1-12(27)21-25-18-9-8-14(10-20(18)26-21)23-22(28)16-11-19(13-6-7-13)24-17-5-3-2-4-15(16)17/h2-5,8-13,27H,6-7H2,1H3,(H,23,28)(H,25,26). The van der Waals surface area contributed by atoms with Crippen LogP contribution >= 0.6 is 0 Å². The van der Waals surface area contributed by atoms with Crippen LogP contribution in [0.25, 0.3) is 21.9 Å². The molecule has 0 bridgehead atoms. The molecule has 4 aromatic rings. The summed E-state index contributed by atoms with van der Waals surface area (Å²) in [4.78, 5) is 25.2. The summed E-state index contributed by atoms with van der Waals surface area (Å²) in [7, 11) is 0. The average Bonchev–Trinajstić information content (AvgIpc) is 3.45. The van der Waals surface area contributed by atoms with Gasteiger partial charge in [-0.2, -0.15) is 0 Å². The van der Waals surface area contributed by atoms with Crippen LogP contribution in [-0.4, -0.2) is 26.0 Å². The van der Waals surface area contributed by atoms with E-state index in [-0.39, 0.29) is 5.91 Å². The van der Waals surface area contributed by atoms with Crippen molar-refractivity contribution in [3.05, 3.63) is 65.6 Å². The van der Waals surface area contributed by atoms with Crippen molar-refractivity contribution in [2.45, 2.75) is 31.8 Å². The molecule has 6 nitrogen and oxygen atoms in total. The third kappa shape index (κ3) is 3.01. The summed E-state index contributed by atoms with van der Waals surface area (Å²) >= 11 is 0. The van der Waals surface area contributed by atoms with Gasteiger partial charge in [0.15, 0.2) is 0 Å². The number of rotatable bonds is 4. The Kier molecular flexibility index (Phi) is 3.87. The number of nitrogens with one attached hydrogen (secondary N) is 2. The molecule has 3 N–H and O–H groups in total. The van der Waals surface area contributed by atoms with E-state index < -0.39 is 6.10 Å². The van der Waals surface area contributed by atoms with Gasteiger partial charge in [-0.05, 0) is 50.1 Å². The fraction of sp³-hybridized carbons (Fsp3) is 0.227. The van der Waals surface area contributed by atoms with Gasteiger partial charge in [0, 0.05) is 22.7 Å². The number of imidazole rings is 1. The molecule has 0 saturated heterocycles. The molecule has 1 unspecified atom stereocenters. The van der Waals surface area contributed by atoms with Crippen LogP contribution in [0.4, 0.5) is 5.69 Å². The first-order valence-electron chi connectivity index (χ1n) is 9.47. The van der Waals surface area contributed by atoms with Crippen LogP contribution in [0.3, 0.4) is 0 Å². The zero-order valence-corrected chi connectivity index (χ0v) is 15.4. The second kappa shape index (κ2) is 6.42. The summed E-state index contributed by atoms with van der Waals surface area (Å²) in [6.45, 7) is 1.66. The zero-order chi connectivity index (χ0) is 19.3. The summed E-state index contributed by atoms with van der Waals surface area (Å²) in [5.41, 5.74) is 4.68. The fourth-order valence-electron chi connectivity index (χ4n) is 3.48. The third-order valence-electron chi connectivity index (χ3n) is 5.13. The lowest BCUT2D eigenvalue weighted by Gasteiger charge is -2.10. The Morgan fingerprint density at radius 1 is 1.14 bits per heavy atom. The average molecular weight is 372 g/mol. The largest absolute Gasteiger partial charge is 0.385 e. The summed E-state index contributed by atoms with van der Waals surface area (Å²) < 4.78 is 0. The summed E-state index contributed by atoms with van der Waals surface area (Å²) in [5.74, 6) is 0.819. The lowest BCUT2D eigenvalue weighted by Crippen LogP contribution is -2.13. The molecule has 6 heteroatoms. The molecular weight excluding hydrogens is 352 g/mol. The molecule has 0 aliphatic heterocycles. The number of aromatic nitrogens is 3. The Balaban J connectivity index is 1.50. The van der Waals surface area contributed by atoms with E-state index >= 15 is 0 Å². The number of anilines is 1. The van der Waals surface area contributed by atoms with Crippen LogP contribution in [0.5, 0.6) is 0 Å². The minimum absolute atomic E-state index is 0.157. The van der Waals surface area contributed by atoms with Gasteiger partial charge in [0.1, 0.15) is 11.9 Å². The van der Waals surface area contributed by atoms with E-state index in [9.17, 15) is 9.90 Å². The predicted octanol–water partition coefficient (Wildman–Crippen LogP) is 4.29. The van der Waals surface area contributed by atoms with Crippen molar-refractivity contribution in [3.8, 4) is 0 Å². The summed E-state index contributed by atoms with van der Waals surface area (Å²) in [6, 6.07) is 15.1. The van der Waals surface area contributed by atoms with Crippen molar-refractivity contribution in [3.63, 3.8) is 0 Å². The Labute approximate surface area is 161 Å². The van der Waals surface area contributed by atoms with Gasteiger partial charge in [0.25, 0.3) is 5.91 Å². The number of aliphatic hydroxyl groups is 1. The van der Waals surface area contributed by atoms with E-state index in [1.54, 1.807) is 6.92 Å². The molecule has 1 amide bonds. The highest BCUT2D eigenvalue weighted by Gasteiger charge is 2.27. The molecule has 2 heterocycles. The number of aromatic amines is 1. The highest BCUT2D eigenvalue weighted by Crippen LogP contribution is 2.40. The number of pyridine rings is 1. The second-order valence-electron chi connectivity index (χ2n) is 7.37. The number of hydrogen-bond donors (Lipinski definition) is 3. The Hall–Kier alpha value is -3.25. The molecule has 1 atom stereocenters. The minimum Gasteiger partial charge on any atom is -0.385 e. The topological polar surface area (TPSA) is 90.9 Å². The van der Waals surface area contributed by atoms with Gasteiger partial charge < -0.3 is 15.4 Å². The normalized spacial score (nSPS) is 15.1. The SMILES string of the molecule is CC(O)c1nc2ccc(NC(=O)c3cc(C4CC4)nc4ccccc34)cc2[nH]1. The van der Waals surface area contributed by atoms with Crippen molar-refractivity contribution in [2.24, 2.45) is 0 Å². The maximum atomic E-state index is 13.1. The molecule has 2 aromatic carbocycles. The number of hydrogen-bond acceptors (Lipinski definition) is 4. The number of amides is 1. The maximum Gasteiger partial charge on any atom is 0.256 e. The van der Waals surface area contributed by atoms with Gasteiger partial charge in [-0.1, -0.05) is 18.2 Å². The molecule has 140 valence electrons. The number of fused-ring (bicyclic) bond motifs is 2. The first-order valence-corrected chi connectivity index (χ1v) is 9.47. The van der Waals surface area contributed by atoms with E-state index in [1.165, 1.54) is 0 Å².